The topological polar surface area (TPSA) is 35.5 Å². The Hall–Kier alpha value is 0.180. The molecule has 1 aliphatic heterocycles. The molecule has 1 unspecified atom stereocenters. The average Bonchev–Trinajstić information content (AvgIpc) is 2.43. The van der Waals surface area contributed by atoms with E-state index in [-0.39, 0.29) is 0 Å². The van der Waals surface area contributed by atoms with E-state index in [4.69, 9.17) is 20.6 Å². The van der Waals surface area contributed by atoms with Crippen LogP contribution in [0.3, 0.4) is 0 Å². The Bertz CT molecular complexity index is 358. The number of hydrogen-bond donors (Lipinski definition) is 0. The van der Waals surface area contributed by atoms with Crippen LogP contribution in [0, 0.1) is 0 Å². The first-order chi connectivity index (χ1) is 7.54. The van der Waals surface area contributed by atoms with Gasteiger partial charge in [0, 0.05) is 0 Å². The quantitative estimate of drug-likeness (QED) is 0.693. The summed E-state index contributed by atoms with van der Waals surface area (Å²) in [7, 11) is -3.10. The Morgan fingerprint density at radius 1 is 1.44 bits per heavy atom. The van der Waals surface area contributed by atoms with Crippen molar-refractivity contribution in [2.75, 3.05) is 6.61 Å². The molecule has 16 heavy (non-hydrogen) atoms. The third-order valence-electron chi connectivity index (χ3n) is 3.38. The number of hydrogen-bond acceptors (Lipinski definition) is 3. The zero-order valence-electron chi connectivity index (χ0n) is 9.79. The first-order valence-electron chi connectivity index (χ1n) is 5.87. The summed E-state index contributed by atoms with van der Waals surface area (Å²) in [4.78, 5) is 0. The fourth-order valence-electron chi connectivity index (χ4n) is 2.52. The van der Waals surface area contributed by atoms with Gasteiger partial charge >= 0.3 is 7.60 Å². The molecule has 2 rings (SSSR count). The highest BCUT2D eigenvalue weighted by atomic mass is 35.5. The summed E-state index contributed by atoms with van der Waals surface area (Å²) < 4.78 is 23.5. The van der Waals surface area contributed by atoms with Gasteiger partial charge in [-0.1, -0.05) is 30.9 Å². The summed E-state index contributed by atoms with van der Waals surface area (Å²) in [5, 5.41) is 1.24. The van der Waals surface area contributed by atoms with Crippen LogP contribution in [0.25, 0.3) is 0 Å². The minimum Gasteiger partial charge on any atom is -0.306 e. The predicted molar refractivity (Wildman–Crippen MR) is 64.7 cm³/mol. The maximum Gasteiger partial charge on any atom is 0.359 e. The van der Waals surface area contributed by atoms with Gasteiger partial charge in [0.1, 0.15) is 5.60 Å². The SMILES string of the molecule is CCOP1(=O)OC2(CCCCC2)C(Cl)=C1C. The molecule has 0 aromatic heterocycles. The molecule has 0 aromatic carbocycles. The van der Waals surface area contributed by atoms with Crippen molar-refractivity contribution in [2.45, 2.75) is 51.6 Å². The summed E-state index contributed by atoms with van der Waals surface area (Å²) in [6.07, 6.45) is 5.08. The second-order valence-electron chi connectivity index (χ2n) is 4.46. The Labute approximate surface area is 102 Å². The molecule has 3 nitrogen and oxygen atoms in total. The third-order valence-corrected chi connectivity index (χ3v) is 6.38. The van der Waals surface area contributed by atoms with E-state index in [0.717, 1.165) is 25.7 Å². The average molecular weight is 265 g/mol. The number of allylic oxidation sites excluding steroid dienone is 1. The van der Waals surface area contributed by atoms with Crippen LogP contribution in [0.15, 0.2) is 10.3 Å². The Balaban J connectivity index is 2.31. The van der Waals surface area contributed by atoms with Gasteiger partial charge in [0.15, 0.2) is 0 Å². The van der Waals surface area contributed by atoms with Crippen LogP contribution in [-0.4, -0.2) is 12.2 Å². The maximum atomic E-state index is 12.4. The van der Waals surface area contributed by atoms with Gasteiger partial charge in [-0.25, -0.2) is 0 Å². The highest BCUT2D eigenvalue weighted by Gasteiger charge is 2.52. The van der Waals surface area contributed by atoms with E-state index in [9.17, 15) is 4.57 Å². The molecule has 1 saturated carbocycles. The van der Waals surface area contributed by atoms with Crippen LogP contribution in [0.5, 0.6) is 0 Å². The first-order valence-corrected chi connectivity index (χ1v) is 7.79. The summed E-state index contributed by atoms with van der Waals surface area (Å²) in [6, 6.07) is 0. The van der Waals surface area contributed by atoms with Crippen LogP contribution in [0.2, 0.25) is 0 Å². The van der Waals surface area contributed by atoms with Crippen molar-refractivity contribution >= 4 is 19.2 Å². The van der Waals surface area contributed by atoms with Gasteiger partial charge < -0.3 is 4.52 Å². The van der Waals surface area contributed by atoms with Crippen LogP contribution in [0.4, 0.5) is 0 Å². The van der Waals surface area contributed by atoms with E-state index in [0.29, 0.717) is 17.0 Å². The van der Waals surface area contributed by atoms with Crippen molar-refractivity contribution in [1.29, 1.82) is 0 Å². The third kappa shape index (κ3) is 1.88. The van der Waals surface area contributed by atoms with Gasteiger partial charge in [-0.3, -0.25) is 9.09 Å². The highest BCUT2D eigenvalue weighted by Crippen LogP contribution is 2.69. The molecule has 1 spiro atoms. The normalized spacial score (nSPS) is 33.7. The zero-order chi connectivity index (χ0) is 11.8. The predicted octanol–water partition coefficient (Wildman–Crippen LogP) is 4.42. The van der Waals surface area contributed by atoms with Gasteiger partial charge in [-0.15, -0.1) is 0 Å². The smallest absolute Gasteiger partial charge is 0.306 e. The molecule has 2 aliphatic rings. The number of halogens is 1. The Morgan fingerprint density at radius 3 is 2.62 bits per heavy atom. The molecule has 0 aromatic rings. The fourth-order valence-corrected chi connectivity index (χ4v) is 5.01. The van der Waals surface area contributed by atoms with E-state index in [1.807, 2.05) is 6.92 Å². The Kier molecular flexibility index (Phi) is 3.52. The minimum absolute atomic E-state index is 0.384. The van der Waals surface area contributed by atoms with Crippen molar-refractivity contribution in [2.24, 2.45) is 0 Å². The molecule has 1 fully saturated rings. The summed E-state index contributed by atoms with van der Waals surface area (Å²) in [6.45, 7) is 3.97. The minimum atomic E-state index is -3.10. The largest absolute Gasteiger partial charge is 0.359 e. The molecule has 92 valence electrons. The van der Waals surface area contributed by atoms with Crippen molar-refractivity contribution in [1.82, 2.24) is 0 Å². The molecule has 1 aliphatic carbocycles. The lowest BCUT2D eigenvalue weighted by Crippen LogP contribution is -2.31. The van der Waals surface area contributed by atoms with Crippen LogP contribution in [0.1, 0.15) is 46.0 Å². The molecule has 0 N–H and O–H groups in total. The van der Waals surface area contributed by atoms with Gasteiger partial charge in [0.2, 0.25) is 0 Å². The maximum absolute atomic E-state index is 12.4. The van der Waals surface area contributed by atoms with Gasteiger partial charge in [0.25, 0.3) is 0 Å². The van der Waals surface area contributed by atoms with Crippen LogP contribution >= 0.6 is 19.2 Å². The zero-order valence-corrected chi connectivity index (χ0v) is 11.4. The summed E-state index contributed by atoms with van der Waals surface area (Å²) in [5.41, 5.74) is -0.505. The molecule has 0 bridgehead atoms. The van der Waals surface area contributed by atoms with Crippen molar-refractivity contribution < 1.29 is 13.6 Å². The van der Waals surface area contributed by atoms with Crippen molar-refractivity contribution in [3.05, 3.63) is 10.3 Å². The van der Waals surface area contributed by atoms with Crippen molar-refractivity contribution in [3.8, 4) is 0 Å². The van der Waals surface area contributed by atoms with E-state index < -0.39 is 13.2 Å². The molecular formula is C11H18ClO3P. The number of rotatable bonds is 2. The second-order valence-corrected chi connectivity index (χ2v) is 6.95. The lowest BCUT2D eigenvalue weighted by molar-refractivity contribution is 0.0647. The molecule has 0 radical (unpaired) electrons. The fraction of sp³-hybridized carbons (Fsp3) is 0.818. The standard InChI is InChI=1S/C11H18ClO3P/c1-3-14-16(13)9(2)10(12)11(15-16)7-5-4-6-8-11/h3-8H2,1-2H3. The van der Waals surface area contributed by atoms with Crippen molar-refractivity contribution in [3.63, 3.8) is 0 Å². The molecule has 1 atom stereocenters. The monoisotopic (exact) mass is 264 g/mol. The van der Waals surface area contributed by atoms with E-state index in [1.165, 1.54) is 6.42 Å². The van der Waals surface area contributed by atoms with Crippen LogP contribution < -0.4 is 0 Å². The highest BCUT2D eigenvalue weighted by molar-refractivity contribution is 7.59. The molecular weight excluding hydrogens is 247 g/mol. The van der Waals surface area contributed by atoms with Gasteiger partial charge in [-0.2, -0.15) is 0 Å². The lowest BCUT2D eigenvalue weighted by Gasteiger charge is -2.33. The first kappa shape index (κ1) is 12.6. The molecule has 1 heterocycles. The van der Waals surface area contributed by atoms with E-state index in [2.05, 4.69) is 0 Å². The van der Waals surface area contributed by atoms with Gasteiger partial charge in [0.05, 0.1) is 17.0 Å². The Morgan fingerprint density at radius 2 is 2.06 bits per heavy atom. The molecule has 0 saturated heterocycles. The van der Waals surface area contributed by atoms with E-state index >= 15 is 0 Å². The van der Waals surface area contributed by atoms with E-state index in [1.54, 1.807) is 6.92 Å². The molecule has 0 amide bonds. The van der Waals surface area contributed by atoms with Gasteiger partial charge in [-0.05, 0) is 26.7 Å². The summed E-state index contributed by atoms with van der Waals surface area (Å²) in [5.74, 6) is 0. The summed E-state index contributed by atoms with van der Waals surface area (Å²) >= 11 is 6.32. The second kappa shape index (κ2) is 4.45. The lowest BCUT2D eigenvalue weighted by atomic mass is 9.84. The van der Waals surface area contributed by atoms with Crippen LogP contribution in [-0.2, 0) is 13.6 Å². The molecule has 5 heteroatoms.